The summed E-state index contributed by atoms with van der Waals surface area (Å²) in [5.74, 6) is -1.13. The van der Waals surface area contributed by atoms with E-state index >= 15 is 0 Å². The van der Waals surface area contributed by atoms with Gasteiger partial charge in [-0.2, -0.15) is 0 Å². The molecule has 0 aliphatic rings. The third-order valence-electron chi connectivity index (χ3n) is 2.65. The van der Waals surface area contributed by atoms with Crippen molar-refractivity contribution < 1.29 is 23.5 Å². The second-order valence-corrected chi connectivity index (χ2v) is 4.32. The summed E-state index contributed by atoms with van der Waals surface area (Å²) < 4.78 is 14.8. The zero-order valence-electron chi connectivity index (χ0n) is 11.3. The van der Waals surface area contributed by atoms with E-state index < -0.39 is 24.1 Å². The summed E-state index contributed by atoms with van der Waals surface area (Å²) in [6.07, 6.45) is 0. The van der Waals surface area contributed by atoms with Crippen LogP contribution in [-0.4, -0.2) is 25.1 Å². The lowest BCUT2D eigenvalue weighted by Gasteiger charge is -2.07. The van der Waals surface area contributed by atoms with Gasteiger partial charge in [0.2, 0.25) is 0 Å². The summed E-state index contributed by atoms with van der Waals surface area (Å²) in [7, 11) is 0. The van der Waals surface area contributed by atoms with Gasteiger partial charge in [-0.15, -0.1) is 0 Å². The molecule has 0 aliphatic heterocycles. The Morgan fingerprint density at radius 3 is 2.71 bits per heavy atom. The number of primary amides is 1. The van der Waals surface area contributed by atoms with Gasteiger partial charge in [-0.3, -0.25) is 4.79 Å². The van der Waals surface area contributed by atoms with Crippen LogP contribution < -0.4 is 16.1 Å². The summed E-state index contributed by atoms with van der Waals surface area (Å²) in [4.78, 5) is 33.0. The molecule has 0 bridgehead atoms. The highest BCUT2D eigenvalue weighted by atomic mass is 16.6. The van der Waals surface area contributed by atoms with Crippen LogP contribution in [0.2, 0.25) is 0 Å². The van der Waals surface area contributed by atoms with Crippen LogP contribution in [-0.2, 0) is 14.3 Å². The highest BCUT2D eigenvalue weighted by Gasteiger charge is 2.08. The van der Waals surface area contributed by atoms with Crippen LogP contribution in [0.3, 0.4) is 0 Å². The molecule has 1 heterocycles. The van der Waals surface area contributed by atoms with Crippen molar-refractivity contribution in [1.29, 1.82) is 0 Å². The first kappa shape index (κ1) is 14.6. The molecule has 0 atom stereocenters. The summed E-state index contributed by atoms with van der Waals surface area (Å²) >= 11 is 0. The monoisotopic (exact) mass is 291 g/mol. The Hall–Kier alpha value is -2.83. The fourth-order valence-corrected chi connectivity index (χ4v) is 1.73. The number of rotatable bonds is 5. The quantitative estimate of drug-likeness (QED) is 0.635. The minimum Gasteiger partial charge on any atom is -0.482 e. The largest absolute Gasteiger partial charge is 0.482 e. The number of esters is 1. The third kappa shape index (κ3) is 3.82. The van der Waals surface area contributed by atoms with Crippen LogP contribution in [0.1, 0.15) is 5.56 Å². The van der Waals surface area contributed by atoms with Crippen LogP contribution in [0.5, 0.6) is 5.75 Å². The van der Waals surface area contributed by atoms with E-state index in [1.165, 1.54) is 12.1 Å². The maximum atomic E-state index is 11.3. The first-order chi connectivity index (χ1) is 9.95. The van der Waals surface area contributed by atoms with E-state index in [1.54, 1.807) is 19.1 Å². The second-order valence-electron chi connectivity index (χ2n) is 4.32. The fourth-order valence-electron chi connectivity index (χ4n) is 1.73. The van der Waals surface area contributed by atoms with Gasteiger partial charge in [-0.25, -0.2) is 9.59 Å². The number of hydrogen-bond acceptors (Lipinski definition) is 6. The number of ether oxygens (including phenoxy) is 2. The van der Waals surface area contributed by atoms with Gasteiger partial charge >= 0.3 is 11.6 Å². The highest BCUT2D eigenvalue weighted by molar-refractivity contribution is 5.82. The molecule has 0 saturated carbocycles. The lowest BCUT2D eigenvalue weighted by molar-refractivity contribution is -0.149. The Balaban J connectivity index is 2.08. The van der Waals surface area contributed by atoms with Crippen LogP contribution in [0, 0.1) is 6.92 Å². The Bertz CT molecular complexity index is 749. The van der Waals surface area contributed by atoms with Gasteiger partial charge in [-0.05, 0) is 24.6 Å². The van der Waals surface area contributed by atoms with Gasteiger partial charge in [0.1, 0.15) is 11.3 Å². The molecule has 0 saturated heterocycles. The van der Waals surface area contributed by atoms with E-state index in [0.717, 1.165) is 10.9 Å². The average Bonchev–Trinajstić information content (AvgIpc) is 2.42. The lowest BCUT2D eigenvalue weighted by Crippen LogP contribution is -2.23. The number of carbonyl (C=O) groups excluding carboxylic acids is 2. The molecule has 7 nitrogen and oxygen atoms in total. The molecule has 2 rings (SSSR count). The van der Waals surface area contributed by atoms with Crippen LogP contribution in [0.25, 0.3) is 11.0 Å². The van der Waals surface area contributed by atoms with Gasteiger partial charge in [0.25, 0.3) is 5.91 Å². The molecule has 110 valence electrons. The van der Waals surface area contributed by atoms with Crippen molar-refractivity contribution in [2.45, 2.75) is 6.92 Å². The zero-order chi connectivity index (χ0) is 15.4. The van der Waals surface area contributed by atoms with Crippen molar-refractivity contribution in [3.05, 3.63) is 40.2 Å². The van der Waals surface area contributed by atoms with E-state index in [0.29, 0.717) is 11.3 Å². The SMILES string of the molecule is Cc1cc(=O)oc2cc(OCC(=O)OCC(N)=O)ccc12. The minimum atomic E-state index is -0.744. The molecule has 7 heteroatoms. The topological polar surface area (TPSA) is 109 Å². The standard InChI is InChI=1S/C14H13NO6/c1-8-4-13(17)21-11-5-9(2-3-10(8)11)19-7-14(18)20-6-12(15)16/h2-5H,6-7H2,1H3,(H2,15,16). The lowest BCUT2D eigenvalue weighted by atomic mass is 10.1. The van der Waals surface area contributed by atoms with E-state index in [1.807, 2.05) is 0 Å². The first-order valence-electron chi connectivity index (χ1n) is 6.07. The van der Waals surface area contributed by atoms with Crippen molar-refractivity contribution in [3.63, 3.8) is 0 Å². The van der Waals surface area contributed by atoms with Crippen molar-refractivity contribution in [2.24, 2.45) is 5.73 Å². The van der Waals surface area contributed by atoms with Gasteiger partial charge in [-0.1, -0.05) is 0 Å². The van der Waals surface area contributed by atoms with Gasteiger partial charge in [0.15, 0.2) is 13.2 Å². The van der Waals surface area contributed by atoms with E-state index in [-0.39, 0.29) is 6.61 Å². The number of fused-ring (bicyclic) bond motifs is 1. The number of benzene rings is 1. The van der Waals surface area contributed by atoms with Crippen LogP contribution in [0.4, 0.5) is 0 Å². The van der Waals surface area contributed by atoms with Gasteiger partial charge in [0, 0.05) is 17.5 Å². The van der Waals surface area contributed by atoms with E-state index in [4.69, 9.17) is 14.9 Å². The van der Waals surface area contributed by atoms with E-state index in [2.05, 4.69) is 4.74 Å². The Morgan fingerprint density at radius 2 is 2.00 bits per heavy atom. The number of carbonyl (C=O) groups is 2. The highest BCUT2D eigenvalue weighted by Crippen LogP contribution is 2.22. The predicted molar refractivity (Wildman–Crippen MR) is 72.9 cm³/mol. The predicted octanol–water partition coefficient (Wildman–Crippen LogP) is 0.509. The average molecular weight is 291 g/mol. The second kappa shape index (κ2) is 6.08. The molecule has 1 aromatic heterocycles. The van der Waals surface area contributed by atoms with Crippen molar-refractivity contribution in [2.75, 3.05) is 13.2 Å². The summed E-state index contributed by atoms with van der Waals surface area (Å²) in [5, 5.41) is 0.776. The maximum absolute atomic E-state index is 11.3. The molecule has 0 aliphatic carbocycles. The molecule has 1 amide bonds. The molecule has 21 heavy (non-hydrogen) atoms. The van der Waals surface area contributed by atoms with Crippen molar-refractivity contribution in [1.82, 2.24) is 0 Å². The Labute approximate surface area is 119 Å². The number of nitrogens with two attached hydrogens (primary N) is 1. The van der Waals surface area contributed by atoms with E-state index in [9.17, 15) is 14.4 Å². The maximum Gasteiger partial charge on any atom is 0.344 e. The molecular weight excluding hydrogens is 278 g/mol. The molecular formula is C14H13NO6. The van der Waals surface area contributed by atoms with Crippen LogP contribution >= 0.6 is 0 Å². The van der Waals surface area contributed by atoms with Crippen molar-refractivity contribution in [3.8, 4) is 5.75 Å². The molecule has 0 unspecified atom stereocenters. The first-order valence-corrected chi connectivity index (χ1v) is 6.07. The normalized spacial score (nSPS) is 10.3. The third-order valence-corrected chi connectivity index (χ3v) is 2.65. The van der Waals surface area contributed by atoms with Gasteiger partial charge in [0.05, 0.1) is 0 Å². The van der Waals surface area contributed by atoms with Gasteiger partial charge < -0.3 is 19.6 Å². The molecule has 2 N–H and O–H groups in total. The fraction of sp³-hybridized carbons (Fsp3) is 0.214. The molecule has 0 fully saturated rings. The molecule has 0 spiro atoms. The Kier molecular flexibility index (Phi) is 4.22. The summed E-state index contributed by atoms with van der Waals surface area (Å²) in [6.45, 7) is 0.920. The summed E-state index contributed by atoms with van der Waals surface area (Å²) in [6, 6.07) is 6.25. The number of aryl methyl sites for hydroxylation is 1. The van der Waals surface area contributed by atoms with Crippen LogP contribution in [0.15, 0.2) is 33.5 Å². The Morgan fingerprint density at radius 1 is 1.24 bits per heavy atom. The number of amides is 1. The molecule has 1 aromatic carbocycles. The minimum absolute atomic E-state index is 0.340. The summed E-state index contributed by atoms with van der Waals surface area (Å²) in [5.41, 5.74) is 5.53. The number of hydrogen-bond donors (Lipinski definition) is 1. The molecule has 2 aromatic rings. The smallest absolute Gasteiger partial charge is 0.344 e. The van der Waals surface area contributed by atoms with Crippen molar-refractivity contribution >= 4 is 22.8 Å². The molecule has 0 radical (unpaired) electrons. The zero-order valence-corrected chi connectivity index (χ0v) is 11.3.